The quantitative estimate of drug-likeness (QED) is 0.319. The predicted octanol–water partition coefficient (Wildman–Crippen LogP) is 5.16. The number of halogens is 3. The van der Waals surface area contributed by atoms with E-state index in [0.29, 0.717) is 17.2 Å². The third kappa shape index (κ3) is 7.82. The molecule has 8 nitrogen and oxygen atoms in total. The van der Waals surface area contributed by atoms with Crippen LogP contribution in [0.25, 0.3) is 0 Å². The normalized spacial score (nSPS) is 16.0. The van der Waals surface area contributed by atoms with E-state index in [9.17, 15) is 34.8 Å². The van der Waals surface area contributed by atoms with Crippen LogP contribution in [0, 0.1) is 0 Å². The number of benzene rings is 3. The van der Waals surface area contributed by atoms with Gasteiger partial charge in [-0.05, 0) is 62.2 Å². The first-order chi connectivity index (χ1) is 19.4. The van der Waals surface area contributed by atoms with Crippen LogP contribution in [0.5, 0.6) is 5.75 Å². The summed E-state index contributed by atoms with van der Waals surface area (Å²) in [6.45, 7) is 4.60. The smallest absolute Gasteiger partial charge is 0.416 e. The number of hydrogen-bond acceptors (Lipinski definition) is 7. The van der Waals surface area contributed by atoms with Gasteiger partial charge < -0.3 is 9.47 Å². The lowest BCUT2D eigenvalue weighted by molar-refractivity contribution is -0.153. The van der Waals surface area contributed by atoms with E-state index in [1.165, 1.54) is 18.2 Å². The molecule has 0 N–H and O–H groups in total. The molecule has 42 heavy (non-hydrogen) atoms. The highest BCUT2D eigenvalue weighted by Gasteiger charge is 2.38. The average Bonchev–Trinajstić information content (AvgIpc) is 2.87. The maximum atomic E-state index is 13.8. The van der Waals surface area contributed by atoms with Crippen LogP contribution in [0.4, 0.5) is 18.9 Å². The molecule has 0 radical (unpaired) electrons. The molecule has 13 heteroatoms. The van der Waals surface area contributed by atoms with Crippen molar-refractivity contribution in [1.29, 1.82) is 0 Å². The second kappa shape index (κ2) is 11.6. The molecular formula is C29H30F3NO7S2. The van der Waals surface area contributed by atoms with Crippen LogP contribution in [0.1, 0.15) is 37.5 Å². The SMILES string of the molecule is CC(C)(C)OC(=O)Cc1ccc2c(c1)N(S(=O)(=O)c1cccc(C(F)(F)F)c1)C[C@H](CS(=O)(=O)Cc1ccccc1)O2. The van der Waals surface area contributed by atoms with Crippen LogP contribution in [0.15, 0.2) is 77.7 Å². The molecule has 1 atom stereocenters. The summed E-state index contributed by atoms with van der Waals surface area (Å²) in [6.07, 6.45) is -6.16. The number of fused-ring (bicyclic) bond motifs is 1. The number of carbonyl (C=O) groups is 1. The summed E-state index contributed by atoms with van der Waals surface area (Å²) in [6, 6.07) is 16.0. The van der Waals surface area contributed by atoms with E-state index in [-0.39, 0.29) is 23.6 Å². The van der Waals surface area contributed by atoms with Gasteiger partial charge in [0.15, 0.2) is 9.84 Å². The van der Waals surface area contributed by atoms with E-state index in [1.54, 1.807) is 51.1 Å². The maximum Gasteiger partial charge on any atom is 0.416 e. The molecule has 0 aliphatic carbocycles. The topological polar surface area (TPSA) is 107 Å². The number of esters is 1. The van der Waals surface area contributed by atoms with Crippen LogP contribution in [0.3, 0.4) is 0 Å². The molecule has 0 saturated carbocycles. The molecule has 3 aromatic carbocycles. The fourth-order valence-electron chi connectivity index (χ4n) is 4.46. The van der Waals surface area contributed by atoms with E-state index in [2.05, 4.69) is 0 Å². The van der Waals surface area contributed by atoms with Crippen molar-refractivity contribution in [3.8, 4) is 5.75 Å². The van der Waals surface area contributed by atoms with Gasteiger partial charge >= 0.3 is 12.1 Å². The van der Waals surface area contributed by atoms with E-state index in [4.69, 9.17) is 9.47 Å². The zero-order valence-electron chi connectivity index (χ0n) is 23.1. The summed E-state index contributed by atoms with van der Waals surface area (Å²) in [7, 11) is -8.43. The maximum absolute atomic E-state index is 13.8. The van der Waals surface area contributed by atoms with Crippen molar-refractivity contribution >= 4 is 31.5 Å². The molecule has 1 heterocycles. The first-order valence-corrected chi connectivity index (χ1v) is 16.1. The number of alkyl halides is 3. The number of ether oxygens (including phenoxy) is 2. The first-order valence-electron chi connectivity index (χ1n) is 12.9. The first kappa shape index (κ1) is 31.4. The second-order valence-corrected chi connectivity index (χ2v) is 14.9. The number of sulfone groups is 1. The standard InChI is InChI=1S/C29H30F3NO7S2/c1-28(2,3)40-27(34)15-21-12-13-26-25(14-21)33(42(37,38)24-11-7-10-22(16-24)29(30,31)32)17-23(39-26)19-41(35,36)18-20-8-5-4-6-9-20/h4-14,16,23H,15,17-19H2,1-3H3/t23-/m1/s1. The minimum Gasteiger partial charge on any atom is -0.485 e. The molecule has 0 aromatic heterocycles. The second-order valence-electron chi connectivity index (χ2n) is 10.9. The predicted molar refractivity (Wildman–Crippen MR) is 150 cm³/mol. The molecular weight excluding hydrogens is 595 g/mol. The van der Waals surface area contributed by atoms with Crippen LogP contribution >= 0.6 is 0 Å². The van der Waals surface area contributed by atoms with Crippen molar-refractivity contribution in [3.63, 3.8) is 0 Å². The molecule has 3 aromatic rings. The van der Waals surface area contributed by atoms with Gasteiger partial charge in [-0.25, -0.2) is 16.8 Å². The monoisotopic (exact) mass is 625 g/mol. The summed E-state index contributed by atoms with van der Waals surface area (Å²) in [5.74, 6) is -1.42. The van der Waals surface area contributed by atoms with E-state index in [1.807, 2.05) is 0 Å². The van der Waals surface area contributed by atoms with Gasteiger partial charge in [0.2, 0.25) is 0 Å². The Morgan fingerprint density at radius 3 is 2.26 bits per heavy atom. The van der Waals surface area contributed by atoms with Crippen LogP contribution in [-0.2, 0) is 47.7 Å². The fourth-order valence-corrected chi connectivity index (χ4v) is 7.56. The van der Waals surface area contributed by atoms with E-state index in [0.717, 1.165) is 22.5 Å². The third-order valence-electron chi connectivity index (χ3n) is 6.14. The van der Waals surface area contributed by atoms with Gasteiger partial charge in [0.05, 0.1) is 40.6 Å². The molecule has 1 aliphatic heterocycles. The van der Waals surface area contributed by atoms with Gasteiger partial charge in [0.1, 0.15) is 17.5 Å². The summed E-state index contributed by atoms with van der Waals surface area (Å²) in [4.78, 5) is 11.8. The molecule has 0 spiro atoms. The molecule has 4 rings (SSSR count). The fraction of sp³-hybridized carbons (Fsp3) is 0.345. The number of rotatable bonds is 8. The molecule has 0 bridgehead atoms. The third-order valence-corrected chi connectivity index (χ3v) is 9.57. The number of nitrogens with zero attached hydrogens (tertiary/aromatic N) is 1. The average molecular weight is 626 g/mol. The Bertz CT molecular complexity index is 1670. The highest BCUT2D eigenvalue weighted by atomic mass is 32.2. The number of sulfonamides is 1. The molecule has 0 unspecified atom stereocenters. The molecule has 1 aliphatic rings. The lowest BCUT2D eigenvalue weighted by Crippen LogP contribution is -2.46. The Morgan fingerprint density at radius 2 is 1.62 bits per heavy atom. The minimum absolute atomic E-state index is 0.00431. The van der Waals surface area contributed by atoms with Gasteiger partial charge in [-0.15, -0.1) is 0 Å². The Hall–Kier alpha value is -3.58. The van der Waals surface area contributed by atoms with Gasteiger partial charge in [-0.3, -0.25) is 9.10 Å². The summed E-state index contributed by atoms with van der Waals surface area (Å²) in [5, 5.41) is 0. The Kier molecular flexibility index (Phi) is 8.66. The van der Waals surface area contributed by atoms with Gasteiger partial charge in [0, 0.05) is 0 Å². The van der Waals surface area contributed by atoms with Gasteiger partial charge in [-0.1, -0.05) is 42.5 Å². The molecule has 0 amide bonds. The van der Waals surface area contributed by atoms with Gasteiger partial charge in [0.25, 0.3) is 10.0 Å². The number of carbonyl (C=O) groups excluding carboxylic acids is 1. The van der Waals surface area contributed by atoms with Crippen molar-refractivity contribution in [2.24, 2.45) is 0 Å². The lowest BCUT2D eigenvalue weighted by atomic mass is 10.1. The zero-order valence-corrected chi connectivity index (χ0v) is 24.7. The van der Waals surface area contributed by atoms with Gasteiger partial charge in [-0.2, -0.15) is 13.2 Å². The summed E-state index contributed by atoms with van der Waals surface area (Å²) < 4.78 is 106. The van der Waals surface area contributed by atoms with Crippen molar-refractivity contribution in [1.82, 2.24) is 0 Å². The van der Waals surface area contributed by atoms with Crippen molar-refractivity contribution in [2.45, 2.75) is 55.7 Å². The van der Waals surface area contributed by atoms with E-state index >= 15 is 0 Å². The summed E-state index contributed by atoms with van der Waals surface area (Å²) in [5.41, 5.74) is -1.05. The van der Waals surface area contributed by atoms with Crippen LogP contribution in [-0.4, -0.2) is 46.8 Å². The summed E-state index contributed by atoms with van der Waals surface area (Å²) >= 11 is 0. The highest BCUT2D eigenvalue weighted by molar-refractivity contribution is 7.93. The molecule has 0 fully saturated rings. The molecule has 0 saturated heterocycles. The van der Waals surface area contributed by atoms with Crippen LogP contribution < -0.4 is 9.04 Å². The van der Waals surface area contributed by atoms with Crippen molar-refractivity contribution < 1.29 is 44.3 Å². The zero-order chi connectivity index (χ0) is 30.9. The van der Waals surface area contributed by atoms with Crippen molar-refractivity contribution in [2.75, 3.05) is 16.6 Å². The van der Waals surface area contributed by atoms with Crippen molar-refractivity contribution in [3.05, 3.63) is 89.5 Å². The van der Waals surface area contributed by atoms with Crippen LogP contribution in [0.2, 0.25) is 0 Å². The number of anilines is 1. The van der Waals surface area contributed by atoms with E-state index < -0.39 is 66.5 Å². The Balaban J connectivity index is 1.71. The highest BCUT2D eigenvalue weighted by Crippen LogP contribution is 2.39. The number of hydrogen-bond donors (Lipinski definition) is 0. The largest absolute Gasteiger partial charge is 0.485 e. The Labute approximate surface area is 243 Å². The minimum atomic E-state index is -4.79. The lowest BCUT2D eigenvalue weighted by Gasteiger charge is -2.35. The molecule has 226 valence electrons. The Morgan fingerprint density at radius 1 is 0.929 bits per heavy atom.